The second-order valence-corrected chi connectivity index (χ2v) is 8.03. The van der Waals surface area contributed by atoms with Gasteiger partial charge in [-0.15, -0.1) is 11.3 Å². The van der Waals surface area contributed by atoms with Crippen molar-refractivity contribution in [2.24, 2.45) is 17.6 Å². The highest BCUT2D eigenvalue weighted by molar-refractivity contribution is 7.14. The Bertz CT molecular complexity index is 673. The van der Waals surface area contributed by atoms with Crippen LogP contribution in [0.3, 0.4) is 0 Å². The van der Waals surface area contributed by atoms with Crippen LogP contribution in [-0.2, 0) is 17.6 Å². The topological polar surface area (TPSA) is 113 Å². The van der Waals surface area contributed by atoms with Gasteiger partial charge < -0.3 is 11.1 Å². The van der Waals surface area contributed by atoms with Crippen LogP contribution in [0.25, 0.3) is 0 Å². The van der Waals surface area contributed by atoms with Crippen molar-refractivity contribution >= 4 is 29.2 Å². The lowest BCUT2D eigenvalue weighted by atomic mass is 9.87. The van der Waals surface area contributed by atoms with Crippen LogP contribution < -0.4 is 21.9 Å². The van der Waals surface area contributed by atoms with Crippen LogP contribution in [0.4, 0.5) is 4.79 Å². The molecular weight excluding hydrogens is 352 g/mol. The molecule has 3 atom stereocenters. The number of primary amides is 1. The smallest absolute Gasteiger partial charge is 0.312 e. The minimum Gasteiger partial charge on any atom is -0.352 e. The van der Waals surface area contributed by atoms with Crippen molar-refractivity contribution in [1.29, 1.82) is 0 Å². The molecule has 0 radical (unpaired) electrons. The summed E-state index contributed by atoms with van der Waals surface area (Å²) in [7, 11) is 0. The summed E-state index contributed by atoms with van der Waals surface area (Å²) in [5.74, 6) is -0.255. The summed E-state index contributed by atoms with van der Waals surface area (Å²) in [6.45, 7) is 5.93. The van der Waals surface area contributed by atoms with Crippen LogP contribution >= 0.6 is 11.3 Å². The molecule has 144 valence electrons. The molecule has 0 unspecified atom stereocenters. The van der Waals surface area contributed by atoms with Crippen molar-refractivity contribution in [3.8, 4) is 0 Å². The van der Waals surface area contributed by atoms with Gasteiger partial charge in [0, 0.05) is 4.88 Å². The molecule has 0 aromatic carbocycles. The molecule has 0 fully saturated rings. The van der Waals surface area contributed by atoms with E-state index in [2.05, 4.69) is 23.1 Å². The van der Waals surface area contributed by atoms with E-state index in [1.165, 1.54) is 21.8 Å². The molecule has 4 amide bonds. The molecule has 1 aliphatic carbocycles. The van der Waals surface area contributed by atoms with Crippen LogP contribution in [0.2, 0.25) is 0 Å². The van der Waals surface area contributed by atoms with E-state index in [1.807, 2.05) is 19.9 Å². The lowest BCUT2D eigenvalue weighted by molar-refractivity contribution is -0.124. The molecule has 8 heteroatoms. The van der Waals surface area contributed by atoms with Gasteiger partial charge in [-0.25, -0.2) is 4.79 Å². The zero-order chi connectivity index (χ0) is 19.3. The van der Waals surface area contributed by atoms with E-state index in [0.29, 0.717) is 17.2 Å². The molecule has 26 heavy (non-hydrogen) atoms. The number of nitrogens with two attached hydrogens (primary N) is 1. The summed E-state index contributed by atoms with van der Waals surface area (Å²) in [5, 5.41) is 2.42. The Morgan fingerprint density at radius 1 is 1.31 bits per heavy atom. The molecule has 5 N–H and O–H groups in total. The van der Waals surface area contributed by atoms with Gasteiger partial charge in [-0.2, -0.15) is 0 Å². The number of amides is 4. The van der Waals surface area contributed by atoms with Crippen LogP contribution in [-0.4, -0.2) is 23.9 Å². The lowest BCUT2D eigenvalue weighted by Crippen LogP contribution is -2.55. The van der Waals surface area contributed by atoms with Gasteiger partial charge in [-0.05, 0) is 42.7 Å². The average molecular weight is 381 g/mol. The minimum atomic E-state index is -0.792. The Hall–Kier alpha value is -2.09. The molecule has 1 aromatic heterocycles. The average Bonchev–Trinajstić information content (AvgIpc) is 3.06. The van der Waals surface area contributed by atoms with E-state index in [0.717, 1.165) is 25.7 Å². The van der Waals surface area contributed by atoms with Gasteiger partial charge in [0.05, 0.1) is 4.88 Å². The summed E-state index contributed by atoms with van der Waals surface area (Å²) in [5.41, 5.74) is 11.2. The molecule has 7 nitrogen and oxygen atoms in total. The van der Waals surface area contributed by atoms with Crippen molar-refractivity contribution in [3.63, 3.8) is 0 Å². The maximum absolute atomic E-state index is 12.4. The SMILES string of the molecule is CC[C@@H]1CCc2sc(C(=O)NNC(=O)[C@H](NC(N)=O)[C@@H](C)CC)cc2C1. The molecule has 1 heterocycles. The van der Waals surface area contributed by atoms with Crippen molar-refractivity contribution < 1.29 is 14.4 Å². The first-order valence-corrected chi connectivity index (χ1v) is 9.95. The second kappa shape index (κ2) is 9.02. The quantitative estimate of drug-likeness (QED) is 0.567. The number of hydrazine groups is 1. The van der Waals surface area contributed by atoms with Crippen LogP contribution in [0, 0.1) is 11.8 Å². The van der Waals surface area contributed by atoms with Gasteiger partial charge >= 0.3 is 6.03 Å². The molecule has 1 aromatic rings. The highest BCUT2D eigenvalue weighted by atomic mass is 32.1. The highest BCUT2D eigenvalue weighted by Crippen LogP contribution is 2.33. The predicted molar refractivity (Wildman–Crippen MR) is 102 cm³/mol. The van der Waals surface area contributed by atoms with Gasteiger partial charge in [0.15, 0.2) is 0 Å². The van der Waals surface area contributed by atoms with E-state index < -0.39 is 18.0 Å². The number of rotatable bonds is 6. The molecule has 2 rings (SSSR count). The van der Waals surface area contributed by atoms with E-state index in [4.69, 9.17) is 5.73 Å². The van der Waals surface area contributed by atoms with E-state index in [-0.39, 0.29) is 11.8 Å². The van der Waals surface area contributed by atoms with Crippen molar-refractivity contribution in [2.45, 2.75) is 58.9 Å². The van der Waals surface area contributed by atoms with Crippen LogP contribution in [0.5, 0.6) is 0 Å². The predicted octanol–water partition coefficient (Wildman–Crippen LogP) is 2.11. The Labute approximate surface area is 158 Å². The van der Waals surface area contributed by atoms with Crippen molar-refractivity contribution in [3.05, 3.63) is 21.4 Å². The summed E-state index contributed by atoms with van der Waals surface area (Å²) < 4.78 is 0. The highest BCUT2D eigenvalue weighted by Gasteiger charge is 2.26. The Balaban J connectivity index is 1.96. The Morgan fingerprint density at radius 2 is 2.04 bits per heavy atom. The fourth-order valence-corrected chi connectivity index (χ4v) is 4.28. The van der Waals surface area contributed by atoms with Crippen LogP contribution in [0.15, 0.2) is 6.07 Å². The molecular formula is C18H28N4O3S. The standard InChI is InChI=1S/C18H28N4O3S/c1-4-10(3)15(20-18(19)25)17(24)22-21-16(23)14-9-12-8-11(5-2)6-7-13(12)26-14/h9-11,15H,4-8H2,1-3H3,(H,21,23)(H,22,24)(H3,19,20,25)/t10-,11+,15+/m0/s1. The number of urea groups is 1. The Morgan fingerprint density at radius 3 is 2.65 bits per heavy atom. The van der Waals surface area contributed by atoms with Crippen LogP contribution in [0.1, 0.15) is 60.1 Å². The van der Waals surface area contributed by atoms with E-state index >= 15 is 0 Å². The lowest BCUT2D eigenvalue weighted by Gasteiger charge is -2.22. The third-order valence-electron chi connectivity index (χ3n) is 5.08. The van der Waals surface area contributed by atoms with Gasteiger partial charge in [0.25, 0.3) is 11.8 Å². The number of hydrogen-bond donors (Lipinski definition) is 4. The van der Waals surface area contributed by atoms with Gasteiger partial charge in [-0.1, -0.05) is 33.6 Å². The first kappa shape index (κ1) is 20.2. The van der Waals surface area contributed by atoms with Crippen molar-refractivity contribution in [1.82, 2.24) is 16.2 Å². The third kappa shape index (κ3) is 4.97. The number of nitrogens with one attached hydrogen (secondary N) is 3. The number of carbonyl (C=O) groups excluding carboxylic acids is 3. The maximum atomic E-state index is 12.4. The molecule has 0 spiro atoms. The fourth-order valence-electron chi connectivity index (χ4n) is 3.17. The molecule has 0 saturated carbocycles. The number of carbonyl (C=O) groups is 3. The summed E-state index contributed by atoms with van der Waals surface area (Å²) in [6.07, 6.45) is 5.02. The monoisotopic (exact) mass is 380 g/mol. The molecule has 0 saturated heterocycles. The number of aryl methyl sites for hydroxylation is 1. The van der Waals surface area contributed by atoms with Crippen molar-refractivity contribution in [2.75, 3.05) is 0 Å². The van der Waals surface area contributed by atoms with E-state index in [9.17, 15) is 14.4 Å². The Kier molecular flexibility index (Phi) is 7.02. The fraction of sp³-hybridized carbons (Fsp3) is 0.611. The normalized spacial score (nSPS) is 18.3. The largest absolute Gasteiger partial charge is 0.352 e. The molecule has 0 bridgehead atoms. The summed E-state index contributed by atoms with van der Waals surface area (Å²) >= 11 is 1.48. The molecule has 1 aliphatic rings. The summed E-state index contributed by atoms with van der Waals surface area (Å²) in [4.78, 5) is 37.6. The van der Waals surface area contributed by atoms with Gasteiger partial charge in [-0.3, -0.25) is 20.4 Å². The zero-order valence-electron chi connectivity index (χ0n) is 15.6. The van der Waals surface area contributed by atoms with Gasteiger partial charge in [0.2, 0.25) is 0 Å². The number of thiophene rings is 1. The number of hydrogen-bond acceptors (Lipinski definition) is 4. The molecule has 0 aliphatic heterocycles. The first-order valence-electron chi connectivity index (χ1n) is 9.13. The number of fused-ring (bicyclic) bond motifs is 1. The second-order valence-electron chi connectivity index (χ2n) is 6.89. The minimum absolute atomic E-state index is 0.112. The maximum Gasteiger partial charge on any atom is 0.312 e. The third-order valence-corrected chi connectivity index (χ3v) is 6.31. The van der Waals surface area contributed by atoms with Gasteiger partial charge in [0.1, 0.15) is 6.04 Å². The zero-order valence-corrected chi connectivity index (χ0v) is 16.4. The van der Waals surface area contributed by atoms with E-state index in [1.54, 1.807) is 0 Å². The summed E-state index contributed by atoms with van der Waals surface area (Å²) in [6, 6.07) is 0.366. The first-order chi connectivity index (χ1) is 12.3.